The summed E-state index contributed by atoms with van der Waals surface area (Å²) in [6.45, 7) is -0.379. The number of nitrogens with zero attached hydrogens (tertiary/aromatic N) is 1. The van der Waals surface area contributed by atoms with E-state index in [9.17, 15) is 14.9 Å². The van der Waals surface area contributed by atoms with Gasteiger partial charge in [0.2, 0.25) is 0 Å². The first-order chi connectivity index (χ1) is 6.19. The van der Waals surface area contributed by atoms with Gasteiger partial charge in [-0.05, 0) is 11.6 Å². The quantitative estimate of drug-likeness (QED) is 0.426. The van der Waals surface area contributed by atoms with Gasteiger partial charge in [-0.25, -0.2) is 0 Å². The van der Waals surface area contributed by atoms with E-state index in [4.69, 9.17) is 5.11 Å². The molecule has 0 unspecified atom stereocenters. The zero-order chi connectivity index (χ0) is 9.84. The summed E-state index contributed by atoms with van der Waals surface area (Å²) in [5, 5.41) is 19.1. The number of carbonyl (C=O) groups is 1. The number of benzene rings is 1. The lowest BCUT2D eigenvalue weighted by molar-refractivity contribution is -0.384. The Balaban J connectivity index is 3.20. The molecule has 1 rings (SSSR count). The lowest BCUT2D eigenvalue weighted by atomic mass is 10.1. The molecule has 0 heterocycles. The predicted octanol–water partition coefficient (Wildman–Crippen LogP) is 0.900. The SMILES string of the molecule is O=Cc1ccc([N+](=O)[O-])cc1CO. The topological polar surface area (TPSA) is 80.4 Å². The second-order valence-electron chi connectivity index (χ2n) is 2.42. The molecule has 0 saturated heterocycles. The lowest BCUT2D eigenvalue weighted by Gasteiger charge is -1.99. The molecular weight excluding hydrogens is 174 g/mol. The van der Waals surface area contributed by atoms with Crippen molar-refractivity contribution in [3.63, 3.8) is 0 Å². The Morgan fingerprint density at radius 3 is 2.69 bits per heavy atom. The van der Waals surface area contributed by atoms with Gasteiger partial charge in [0, 0.05) is 17.7 Å². The van der Waals surface area contributed by atoms with Crippen molar-refractivity contribution in [3.8, 4) is 0 Å². The molecule has 0 bridgehead atoms. The largest absolute Gasteiger partial charge is 0.392 e. The maximum absolute atomic E-state index is 10.4. The van der Waals surface area contributed by atoms with Crippen molar-refractivity contribution in [3.05, 3.63) is 39.4 Å². The summed E-state index contributed by atoms with van der Waals surface area (Å²) in [4.78, 5) is 20.1. The third-order valence-corrected chi connectivity index (χ3v) is 1.63. The van der Waals surface area contributed by atoms with E-state index in [-0.39, 0.29) is 23.4 Å². The van der Waals surface area contributed by atoms with Crippen LogP contribution in [0.25, 0.3) is 0 Å². The van der Waals surface area contributed by atoms with Gasteiger partial charge in [-0.3, -0.25) is 14.9 Å². The van der Waals surface area contributed by atoms with Crippen molar-refractivity contribution < 1.29 is 14.8 Å². The van der Waals surface area contributed by atoms with Crippen LogP contribution < -0.4 is 0 Å². The number of carbonyl (C=O) groups excluding carboxylic acids is 1. The smallest absolute Gasteiger partial charge is 0.269 e. The Bertz CT molecular complexity index is 348. The molecule has 0 aromatic heterocycles. The summed E-state index contributed by atoms with van der Waals surface area (Å²) in [5.74, 6) is 0. The molecule has 0 aliphatic heterocycles. The number of aldehydes is 1. The minimum Gasteiger partial charge on any atom is -0.392 e. The summed E-state index contributed by atoms with van der Waals surface area (Å²) in [6.07, 6.45) is 0.551. The molecule has 0 fully saturated rings. The van der Waals surface area contributed by atoms with Crippen LogP contribution in [0.2, 0.25) is 0 Å². The van der Waals surface area contributed by atoms with E-state index < -0.39 is 4.92 Å². The molecule has 5 nitrogen and oxygen atoms in total. The first kappa shape index (κ1) is 9.34. The van der Waals surface area contributed by atoms with Gasteiger partial charge >= 0.3 is 0 Å². The average molecular weight is 181 g/mol. The number of rotatable bonds is 3. The van der Waals surface area contributed by atoms with E-state index in [0.29, 0.717) is 6.29 Å². The molecule has 0 aliphatic rings. The zero-order valence-electron chi connectivity index (χ0n) is 6.64. The summed E-state index contributed by atoms with van der Waals surface area (Å²) in [5.41, 5.74) is 0.409. The van der Waals surface area contributed by atoms with Crippen molar-refractivity contribution in [1.29, 1.82) is 0 Å². The van der Waals surface area contributed by atoms with Crippen LogP contribution in [0, 0.1) is 10.1 Å². The molecule has 0 aliphatic carbocycles. The fourth-order valence-corrected chi connectivity index (χ4v) is 0.958. The van der Waals surface area contributed by atoms with E-state index in [0.717, 1.165) is 0 Å². The number of aliphatic hydroxyl groups is 1. The minimum absolute atomic E-state index is 0.130. The molecule has 1 aromatic rings. The number of nitro groups is 1. The van der Waals surface area contributed by atoms with Crippen molar-refractivity contribution in [2.24, 2.45) is 0 Å². The Kier molecular flexibility index (Phi) is 2.71. The minimum atomic E-state index is -0.576. The fraction of sp³-hybridized carbons (Fsp3) is 0.125. The van der Waals surface area contributed by atoms with Crippen molar-refractivity contribution >= 4 is 12.0 Å². The number of aliphatic hydroxyl groups excluding tert-OH is 1. The average Bonchev–Trinajstić information content (AvgIpc) is 2.16. The first-order valence-electron chi connectivity index (χ1n) is 3.52. The standard InChI is InChI=1S/C8H7NO4/c10-4-6-1-2-8(9(12)13)3-7(6)5-11/h1-4,11H,5H2. The molecular formula is C8H7NO4. The molecule has 5 heteroatoms. The van der Waals surface area contributed by atoms with Crippen LogP contribution in [-0.2, 0) is 6.61 Å². The van der Waals surface area contributed by atoms with Crippen molar-refractivity contribution in [2.75, 3.05) is 0 Å². The molecule has 0 atom stereocenters. The van der Waals surface area contributed by atoms with Gasteiger partial charge in [0.25, 0.3) is 5.69 Å². The Morgan fingerprint density at radius 2 is 2.23 bits per heavy atom. The number of nitro benzene ring substituents is 1. The second kappa shape index (κ2) is 3.77. The molecule has 13 heavy (non-hydrogen) atoms. The highest BCUT2D eigenvalue weighted by atomic mass is 16.6. The van der Waals surface area contributed by atoms with Gasteiger partial charge in [0.15, 0.2) is 0 Å². The molecule has 0 radical (unpaired) electrons. The van der Waals surface area contributed by atoms with Crippen molar-refractivity contribution in [2.45, 2.75) is 6.61 Å². The molecule has 0 spiro atoms. The highest BCUT2D eigenvalue weighted by Crippen LogP contribution is 2.16. The van der Waals surface area contributed by atoms with E-state index >= 15 is 0 Å². The third kappa shape index (κ3) is 1.88. The number of non-ortho nitro benzene ring substituents is 1. The monoisotopic (exact) mass is 181 g/mol. The molecule has 1 N–H and O–H groups in total. The normalized spacial score (nSPS) is 9.62. The molecule has 0 saturated carbocycles. The van der Waals surface area contributed by atoms with Crippen LogP contribution in [0.3, 0.4) is 0 Å². The Hall–Kier alpha value is -1.75. The van der Waals surface area contributed by atoms with Gasteiger partial charge in [0.1, 0.15) is 6.29 Å². The van der Waals surface area contributed by atoms with Gasteiger partial charge < -0.3 is 5.11 Å². The van der Waals surface area contributed by atoms with Crippen LogP contribution in [-0.4, -0.2) is 16.3 Å². The molecule has 0 amide bonds. The van der Waals surface area contributed by atoms with E-state index in [1.807, 2.05) is 0 Å². The highest BCUT2D eigenvalue weighted by Gasteiger charge is 2.08. The summed E-state index contributed by atoms with van der Waals surface area (Å²) in [7, 11) is 0. The van der Waals surface area contributed by atoms with Crippen LogP contribution >= 0.6 is 0 Å². The van der Waals surface area contributed by atoms with Crippen LogP contribution in [0.5, 0.6) is 0 Å². The van der Waals surface area contributed by atoms with Crippen molar-refractivity contribution in [1.82, 2.24) is 0 Å². The maximum Gasteiger partial charge on any atom is 0.269 e. The summed E-state index contributed by atoms with van der Waals surface area (Å²) >= 11 is 0. The molecule has 68 valence electrons. The maximum atomic E-state index is 10.4. The van der Waals surface area contributed by atoms with Gasteiger partial charge in [-0.1, -0.05) is 0 Å². The van der Waals surface area contributed by atoms with E-state index in [1.165, 1.54) is 18.2 Å². The van der Waals surface area contributed by atoms with Crippen LogP contribution in [0.15, 0.2) is 18.2 Å². The Labute approximate surface area is 73.8 Å². The highest BCUT2D eigenvalue weighted by molar-refractivity contribution is 5.77. The van der Waals surface area contributed by atoms with Gasteiger partial charge in [-0.15, -0.1) is 0 Å². The molecule has 1 aromatic carbocycles. The fourth-order valence-electron chi connectivity index (χ4n) is 0.958. The van der Waals surface area contributed by atoms with Gasteiger partial charge in [0.05, 0.1) is 11.5 Å². The summed E-state index contributed by atoms with van der Waals surface area (Å²) < 4.78 is 0. The van der Waals surface area contributed by atoms with Crippen LogP contribution in [0.1, 0.15) is 15.9 Å². The predicted molar refractivity (Wildman–Crippen MR) is 44.4 cm³/mol. The second-order valence-corrected chi connectivity index (χ2v) is 2.42. The van der Waals surface area contributed by atoms with E-state index in [2.05, 4.69) is 0 Å². The van der Waals surface area contributed by atoms with Gasteiger partial charge in [-0.2, -0.15) is 0 Å². The number of hydrogen-bond acceptors (Lipinski definition) is 4. The zero-order valence-corrected chi connectivity index (χ0v) is 6.64. The third-order valence-electron chi connectivity index (χ3n) is 1.63. The van der Waals surface area contributed by atoms with E-state index in [1.54, 1.807) is 0 Å². The summed E-state index contributed by atoms with van der Waals surface area (Å²) in [6, 6.07) is 3.73. The first-order valence-corrected chi connectivity index (χ1v) is 3.52. The lowest BCUT2D eigenvalue weighted by Crippen LogP contribution is -1.95. The Morgan fingerprint density at radius 1 is 1.54 bits per heavy atom. The number of hydrogen-bond donors (Lipinski definition) is 1. The van der Waals surface area contributed by atoms with Crippen LogP contribution in [0.4, 0.5) is 5.69 Å².